The van der Waals surface area contributed by atoms with Gasteiger partial charge < -0.3 is 29.6 Å². The van der Waals surface area contributed by atoms with Crippen LogP contribution in [0.4, 0.5) is 5.69 Å². The van der Waals surface area contributed by atoms with Gasteiger partial charge in [-0.25, -0.2) is 0 Å². The van der Waals surface area contributed by atoms with Crippen molar-refractivity contribution in [2.24, 2.45) is 5.92 Å². The molecule has 3 fully saturated rings. The zero-order chi connectivity index (χ0) is 28.9. The van der Waals surface area contributed by atoms with E-state index in [9.17, 15) is 9.59 Å². The number of H-pyrrole nitrogens is 1. The predicted octanol–water partition coefficient (Wildman–Crippen LogP) is 4.88. The summed E-state index contributed by atoms with van der Waals surface area (Å²) in [5.41, 5.74) is 4.72. The minimum Gasteiger partial charge on any atom is -0.490 e. The molecule has 1 aromatic heterocycles. The Kier molecular flexibility index (Phi) is 9.71. The first kappa shape index (κ1) is 29.6. The van der Waals surface area contributed by atoms with Crippen LogP contribution in [0.3, 0.4) is 0 Å². The lowest BCUT2D eigenvalue weighted by molar-refractivity contribution is 0.0391. The van der Waals surface area contributed by atoms with Gasteiger partial charge in [0.25, 0.3) is 11.5 Å². The molecule has 41 heavy (non-hydrogen) atoms. The number of hydrogen-bond donors (Lipinski definition) is 2. The molecular formula is C33H48N4O4. The zero-order valence-electron chi connectivity index (χ0n) is 25.4. The van der Waals surface area contributed by atoms with Crippen LogP contribution in [-0.4, -0.2) is 67.3 Å². The highest BCUT2D eigenvalue weighted by Gasteiger charge is 2.33. The molecule has 2 saturated heterocycles. The summed E-state index contributed by atoms with van der Waals surface area (Å²) in [6, 6.07) is 6.34. The fourth-order valence-corrected chi connectivity index (χ4v) is 6.88. The van der Waals surface area contributed by atoms with E-state index in [1.807, 2.05) is 32.9 Å². The quantitative estimate of drug-likeness (QED) is 0.428. The molecule has 2 aromatic rings. The standard InChI is InChI=1S/C33H48N4O4/c1-5-37(26-9-13-40-14-10-26)31-19-28(41-27-16-25(17-27)21-36-11-7-6-8-12-36)18-29(24(31)4)32(38)34-20-30-22(2)15-23(3)35-33(30)39/h15,18-19,25-27H,5-14,16-17,20-21H2,1-4H3,(H,34,38)(H,35,39)/t25-,27-. The van der Waals surface area contributed by atoms with E-state index >= 15 is 0 Å². The molecule has 1 amide bonds. The van der Waals surface area contributed by atoms with Gasteiger partial charge >= 0.3 is 0 Å². The number of pyridine rings is 1. The monoisotopic (exact) mass is 564 g/mol. The number of rotatable bonds is 10. The van der Waals surface area contributed by atoms with Crippen molar-refractivity contribution < 1.29 is 14.3 Å². The van der Waals surface area contributed by atoms with Gasteiger partial charge in [-0.15, -0.1) is 0 Å². The molecule has 1 saturated carbocycles. The smallest absolute Gasteiger partial charge is 0.253 e. The zero-order valence-corrected chi connectivity index (χ0v) is 25.4. The molecule has 1 aliphatic carbocycles. The van der Waals surface area contributed by atoms with Crippen LogP contribution in [0.2, 0.25) is 0 Å². The number of hydrogen-bond acceptors (Lipinski definition) is 6. The summed E-state index contributed by atoms with van der Waals surface area (Å²) in [5, 5.41) is 3.02. The first-order valence-corrected chi connectivity index (χ1v) is 15.7. The third-order valence-electron chi connectivity index (χ3n) is 9.26. The summed E-state index contributed by atoms with van der Waals surface area (Å²) >= 11 is 0. The van der Waals surface area contributed by atoms with Crippen LogP contribution < -0.4 is 20.5 Å². The third kappa shape index (κ3) is 7.15. The molecule has 2 aliphatic heterocycles. The number of piperidine rings is 1. The molecule has 0 radical (unpaired) electrons. The van der Waals surface area contributed by atoms with Gasteiger partial charge in [-0.1, -0.05) is 6.42 Å². The minimum atomic E-state index is -0.187. The predicted molar refractivity (Wildman–Crippen MR) is 163 cm³/mol. The summed E-state index contributed by atoms with van der Waals surface area (Å²) in [5.74, 6) is 1.26. The van der Waals surface area contributed by atoms with Crippen LogP contribution >= 0.6 is 0 Å². The molecular weight excluding hydrogens is 516 g/mol. The maximum Gasteiger partial charge on any atom is 0.253 e. The maximum absolute atomic E-state index is 13.6. The Bertz CT molecular complexity index is 1260. The topological polar surface area (TPSA) is 86.9 Å². The van der Waals surface area contributed by atoms with Crippen molar-refractivity contribution in [1.82, 2.24) is 15.2 Å². The Balaban J connectivity index is 1.34. The summed E-state index contributed by atoms with van der Waals surface area (Å²) in [6.07, 6.45) is 8.26. The number of likely N-dealkylation sites (tertiary alicyclic amines) is 1. The van der Waals surface area contributed by atoms with Crippen molar-refractivity contribution in [3.05, 3.63) is 56.5 Å². The highest BCUT2D eigenvalue weighted by atomic mass is 16.5. The van der Waals surface area contributed by atoms with Gasteiger partial charge in [-0.05, 0) is 108 Å². The number of benzene rings is 1. The number of carbonyl (C=O) groups is 1. The van der Waals surface area contributed by atoms with Crippen molar-refractivity contribution in [3.63, 3.8) is 0 Å². The molecule has 3 aliphatic rings. The Labute approximate surface area is 244 Å². The Morgan fingerprint density at radius 1 is 1.10 bits per heavy atom. The van der Waals surface area contributed by atoms with E-state index in [1.54, 1.807) is 0 Å². The first-order chi connectivity index (χ1) is 19.8. The number of ether oxygens (including phenoxy) is 2. The van der Waals surface area contributed by atoms with Crippen molar-refractivity contribution >= 4 is 11.6 Å². The van der Waals surface area contributed by atoms with Crippen LogP contribution in [-0.2, 0) is 11.3 Å². The molecule has 0 unspecified atom stereocenters. The molecule has 0 atom stereocenters. The second-order valence-corrected chi connectivity index (χ2v) is 12.3. The normalized spacial score (nSPS) is 21.8. The molecule has 0 spiro atoms. The molecule has 8 heteroatoms. The van der Waals surface area contributed by atoms with Crippen LogP contribution in [0, 0.1) is 26.7 Å². The fourth-order valence-electron chi connectivity index (χ4n) is 6.88. The van der Waals surface area contributed by atoms with Gasteiger partial charge in [0.05, 0.1) is 6.10 Å². The maximum atomic E-state index is 13.6. The number of aromatic nitrogens is 1. The summed E-state index contributed by atoms with van der Waals surface area (Å²) < 4.78 is 12.2. The number of amides is 1. The lowest BCUT2D eigenvalue weighted by Crippen LogP contribution is -2.43. The van der Waals surface area contributed by atoms with Crippen LogP contribution in [0.25, 0.3) is 0 Å². The summed E-state index contributed by atoms with van der Waals surface area (Å²) in [6.45, 7) is 14.1. The lowest BCUT2D eigenvalue weighted by Gasteiger charge is -2.40. The second kappa shape index (κ2) is 13.4. The van der Waals surface area contributed by atoms with Crippen molar-refractivity contribution in [3.8, 4) is 5.75 Å². The van der Waals surface area contributed by atoms with Gasteiger partial charge in [-0.2, -0.15) is 0 Å². The number of aryl methyl sites for hydroxylation is 2. The first-order valence-electron chi connectivity index (χ1n) is 15.7. The molecule has 2 N–H and O–H groups in total. The molecule has 3 heterocycles. The molecule has 1 aromatic carbocycles. The van der Waals surface area contributed by atoms with Gasteiger partial charge in [0, 0.05) is 67.5 Å². The highest BCUT2D eigenvalue weighted by molar-refractivity contribution is 5.97. The SMILES string of the molecule is CCN(c1cc(O[C@H]2C[C@H](CN3CCCCC3)C2)cc(C(=O)NCc2c(C)cc(C)[nH]c2=O)c1C)C1CCOCC1. The van der Waals surface area contributed by atoms with Crippen LogP contribution in [0.1, 0.15) is 84.6 Å². The van der Waals surface area contributed by atoms with E-state index in [-0.39, 0.29) is 24.1 Å². The van der Waals surface area contributed by atoms with Crippen LogP contribution in [0.15, 0.2) is 23.0 Å². The Morgan fingerprint density at radius 3 is 2.51 bits per heavy atom. The van der Waals surface area contributed by atoms with Crippen molar-refractivity contribution in [2.75, 3.05) is 44.3 Å². The van der Waals surface area contributed by atoms with E-state index in [0.717, 1.165) is 73.7 Å². The van der Waals surface area contributed by atoms with E-state index in [1.165, 1.54) is 38.9 Å². The molecule has 0 bridgehead atoms. The van der Waals surface area contributed by atoms with Gasteiger partial charge in [0.15, 0.2) is 0 Å². The van der Waals surface area contributed by atoms with Crippen molar-refractivity contribution in [1.29, 1.82) is 0 Å². The number of nitrogens with one attached hydrogen (secondary N) is 2. The lowest BCUT2D eigenvalue weighted by atomic mass is 9.81. The fraction of sp³-hybridized carbons (Fsp3) is 0.636. The van der Waals surface area contributed by atoms with E-state index in [2.05, 4.69) is 33.1 Å². The van der Waals surface area contributed by atoms with E-state index < -0.39 is 0 Å². The summed E-state index contributed by atoms with van der Waals surface area (Å²) in [4.78, 5) is 34.1. The number of carbonyl (C=O) groups excluding carboxylic acids is 1. The number of aromatic amines is 1. The van der Waals surface area contributed by atoms with E-state index in [4.69, 9.17) is 9.47 Å². The second-order valence-electron chi connectivity index (χ2n) is 12.3. The molecule has 8 nitrogen and oxygen atoms in total. The average molecular weight is 565 g/mol. The molecule has 5 rings (SSSR count). The van der Waals surface area contributed by atoms with E-state index in [0.29, 0.717) is 23.1 Å². The highest BCUT2D eigenvalue weighted by Crippen LogP contribution is 2.37. The Hall–Kier alpha value is -2.84. The summed E-state index contributed by atoms with van der Waals surface area (Å²) in [7, 11) is 0. The van der Waals surface area contributed by atoms with Crippen molar-refractivity contribution in [2.45, 2.75) is 91.3 Å². The molecule has 224 valence electrons. The number of anilines is 1. The van der Waals surface area contributed by atoms with Crippen LogP contribution in [0.5, 0.6) is 5.75 Å². The van der Waals surface area contributed by atoms with Gasteiger partial charge in [0.1, 0.15) is 5.75 Å². The largest absolute Gasteiger partial charge is 0.490 e. The minimum absolute atomic E-state index is 0.155. The van der Waals surface area contributed by atoms with Gasteiger partial charge in [0.2, 0.25) is 0 Å². The Morgan fingerprint density at radius 2 is 1.83 bits per heavy atom. The average Bonchev–Trinajstić information content (AvgIpc) is 2.94. The third-order valence-corrected chi connectivity index (χ3v) is 9.26. The van der Waals surface area contributed by atoms with Gasteiger partial charge in [-0.3, -0.25) is 9.59 Å². The number of nitrogens with zero attached hydrogens (tertiary/aromatic N) is 2.